The minimum atomic E-state index is 0.408. The molecule has 0 unspecified atom stereocenters. The van der Waals surface area contributed by atoms with Gasteiger partial charge in [0.25, 0.3) is 0 Å². The molecule has 0 atom stereocenters. The van der Waals surface area contributed by atoms with Crippen LogP contribution in [0.4, 0.5) is 0 Å². The normalized spacial score (nSPS) is 11.1. The Morgan fingerprint density at radius 2 is 1.88 bits per heavy atom. The van der Waals surface area contributed by atoms with Gasteiger partial charge in [0.2, 0.25) is 4.77 Å². The molecule has 0 fully saturated rings. The van der Waals surface area contributed by atoms with E-state index in [0.717, 1.165) is 20.3 Å². The number of H-pyrrole nitrogens is 1. The number of hydrogen-bond acceptors (Lipinski definition) is 5. The average molecular weight is 591 g/mol. The highest BCUT2D eigenvalue weighted by Gasteiger charge is 2.13. The molecular weight excluding hydrogens is 571 g/mol. The molecule has 0 aliphatic heterocycles. The Kier molecular flexibility index (Phi) is 7.79. The van der Waals surface area contributed by atoms with Gasteiger partial charge in [-0.05, 0) is 77.1 Å². The van der Waals surface area contributed by atoms with Crippen LogP contribution in [0.25, 0.3) is 11.4 Å². The number of hydrogen-bond donors (Lipinski definition) is 1. The summed E-state index contributed by atoms with van der Waals surface area (Å²) in [6, 6.07) is 21.2. The quantitative estimate of drug-likeness (QED) is 0.141. The van der Waals surface area contributed by atoms with Gasteiger partial charge in [-0.25, -0.2) is 5.10 Å². The number of nitrogens with one attached hydrogen (secondary N) is 1. The van der Waals surface area contributed by atoms with Gasteiger partial charge in [0.05, 0.1) is 16.4 Å². The summed E-state index contributed by atoms with van der Waals surface area (Å²) in [6.45, 7) is 2.86. The van der Waals surface area contributed by atoms with E-state index >= 15 is 0 Å². The van der Waals surface area contributed by atoms with E-state index in [0.29, 0.717) is 40.3 Å². The zero-order valence-corrected chi connectivity index (χ0v) is 21.4. The van der Waals surface area contributed by atoms with Crippen LogP contribution in [0, 0.1) is 8.34 Å². The SMILES string of the molecule is CCOc1cc(/C=N\n2c(-c3ccccc3)n[nH]c2=S)cc(I)c1OCc1ccc(Cl)cc1. The second-order valence-electron chi connectivity index (χ2n) is 6.95. The summed E-state index contributed by atoms with van der Waals surface area (Å²) >= 11 is 13.6. The van der Waals surface area contributed by atoms with Crippen molar-refractivity contribution in [3.8, 4) is 22.9 Å². The standard InChI is InChI=1S/C24H20ClIN4O2S/c1-2-31-21-13-17(12-20(26)22(21)32-15-16-8-10-19(25)11-9-16)14-27-30-23(28-29-24(30)33)18-6-4-3-5-7-18/h3-14H,2,15H2,1H3,(H,29,33)/b27-14-. The van der Waals surface area contributed by atoms with Crippen LogP contribution in [0.5, 0.6) is 11.5 Å². The topological polar surface area (TPSA) is 64.4 Å². The van der Waals surface area contributed by atoms with Crippen LogP contribution >= 0.6 is 46.4 Å². The molecule has 6 nitrogen and oxygen atoms in total. The van der Waals surface area contributed by atoms with Gasteiger partial charge in [-0.15, -0.1) is 0 Å². The fourth-order valence-electron chi connectivity index (χ4n) is 3.10. The number of aromatic amines is 1. The van der Waals surface area contributed by atoms with Crippen LogP contribution in [0.1, 0.15) is 18.1 Å². The van der Waals surface area contributed by atoms with E-state index in [9.17, 15) is 0 Å². The van der Waals surface area contributed by atoms with Gasteiger partial charge in [0, 0.05) is 10.6 Å². The molecule has 33 heavy (non-hydrogen) atoms. The van der Waals surface area contributed by atoms with Crippen molar-refractivity contribution in [2.24, 2.45) is 5.10 Å². The van der Waals surface area contributed by atoms with Crippen LogP contribution in [-0.2, 0) is 6.61 Å². The third-order valence-electron chi connectivity index (χ3n) is 4.63. The van der Waals surface area contributed by atoms with Crippen LogP contribution < -0.4 is 9.47 Å². The third-order valence-corrected chi connectivity index (χ3v) is 5.95. The lowest BCUT2D eigenvalue weighted by atomic mass is 10.2. The minimum Gasteiger partial charge on any atom is -0.490 e. The molecule has 9 heteroatoms. The van der Waals surface area contributed by atoms with E-state index in [2.05, 4.69) is 37.9 Å². The van der Waals surface area contributed by atoms with Gasteiger partial charge in [-0.1, -0.05) is 54.1 Å². The van der Waals surface area contributed by atoms with Crippen LogP contribution in [0.2, 0.25) is 5.02 Å². The molecule has 0 aliphatic rings. The first-order valence-electron chi connectivity index (χ1n) is 10.2. The van der Waals surface area contributed by atoms with Crippen molar-refractivity contribution in [2.45, 2.75) is 13.5 Å². The molecule has 1 N–H and O–H groups in total. The number of rotatable bonds is 8. The molecule has 4 aromatic rings. The molecule has 0 bridgehead atoms. The molecule has 1 aromatic heterocycles. The summed E-state index contributed by atoms with van der Waals surface area (Å²) in [5.74, 6) is 1.98. The Labute approximate surface area is 215 Å². The van der Waals surface area contributed by atoms with Gasteiger partial charge >= 0.3 is 0 Å². The molecule has 1 heterocycles. The summed E-state index contributed by atoms with van der Waals surface area (Å²) in [6.07, 6.45) is 1.73. The van der Waals surface area contributed by atoms with E-state index < -0.39 is 0 Å². The van der Waals surface area contributed by atoms with E-state index in [1.54, 1.807) is 10.9 Å². The zero-order chi connectivity index (χ0) is 23.2. The lowest BCUT2D eigenvalue weighted by Gasteiger charge is -2.15. The molecule has 168 valence electrons. The Morgan fingerprint density at radius 1 is 1.12 bits per heavy atom. The smallest absolute Gasteiger partial charge is 0.216 e. The molecule has 0 radical (unpaired) electrons. The predicted molar refractivity (Wildman–Crippen MR) is 142 cm³/mol. The van der Waals surface area contributed by atoms with Gasteiger partial charge in [0.1, 0.15) is 6.61 Å². The number of ether oxygens (including phenoxy) is 2. The van der Waals surface area contributed by atoms with Crippen molar-refractivity contribution < 1.29 is 9.47 Å². The van der Waals surface area contributed by atoms with Crippen molar-refractivity contribution in [1.29, 1.82) is 0 Å². The Bertz CT molecular complexity index is 1320. The molecule has 4 rings (SSSR count). The molecule has 3 aromatic carbocycles. The molecule has 0 aliphatic carbocycles. The average Bonchev–Trinajstić information content (AvgIpc) is 3.19. The van der Waals surface area contributed by atoms with E-state index in [1.807, 2.05) is 73.7 Å². The predicted octanol–water partition coefficient (Wildman–Crippen LogP) is 6.73. The maximum Gasteiger partial charge on any atom is 0.216 e. The molecule has 0 saturated heterocycles. The van der Waals surface area contributed by atoms with Gasteiger partial charge in [0.15, 0.2) is 17.3 Å². The van der Waals surface area contributed by atoms with Gasteiger partial charge in [-0.3, -0.25) is 0 Å². The summed E-state index contributed by atoms with van der Waals surface area (Å²) in [7, 11) is 0. The maximum atomic E-state index is 6.09. The first-order chi connectivity index (χ1) is 16.0. The highest BCUT2D eigenvalue weighted by atomic mass is 127. The number of nitrogens with zero attached hydrogens (tertiary/aromatic N) is 3. The minimum absolute atomic E-state index is 0.408. The molecule has 0 saturated carbocycles. The molecular formula is C24H20ClIN4O2S. The largest absolute Gasteiger partial charge is 0.490 e. The summed E-state index contributed by atoms with van der Waals surface area (Å²) in [5.41, 5.74) is 2.78. The van der Waals surface area contributed by atoms with Crippen molar-refractivity contribution in [3.63, 3.8) is 0 Å². The second-order valence-corrected chi connectivity index (χ2v) is 8.94. The Balaban J connectivity index is 1.61. The van der Waals surface area contributed by atoms with Crippen LogP contribution in [0.3, 0.4) is 0 Å². The van der Waals surface area contributed by atoms with Gasteiger partial charge < -0.3 is 9.47 Å². The van der Waals surface area contributed by atoms with E-state index in [4.69, 9.17) is 33.3 Å². The number of aromatic nitrogens is 3. The first kappa shape index (κ1) is 23.5. The van der Waals surface area contributed by atoms with Gasteiger partial charge in [-0.2, -0.15) is 14.9 Å². The van der Waals surface area contributed by atoms with Crippen molar-refractivity contribution >= 4 is 52.6 Å². The van der Waals surface area contributed by atoms with Crippen molar-refractivity contribution in [2.75, 3.05) is 6.61 Å². The first-order valence-corrected chi connectivity index (χ1v) is 12.0. The fourth-order valence-corrected chi connectivity index (χ4v) is 4.19. The van der Waals surface area contributed by atoms with E-state index in [1.165, 1.54) is 0 Å². The van der Waals surface area contributed by atoms with Crippen molar-refractivity contribution in [1.82, 2.24) is 14.9 Å². The summed E-state index contributed by atoms with van der Waals surface area (Å²) < 4.78 is 14.9. The zero-order valence-electron chi connectivity index (χ0n) is 17.7. The van der Waals surface area contributed by atoms with Crippen LogP contribution in [-0.4, -0.2) is 27.7 Å². The monoisotopic (exact) mass is 590 g/mol. The summed E-state index contributed by atoms with van der Waals surface area (Å²) in [4.78, 5) is 0. The Hall–Kier alpha value is -2.69. The molecule has 0 spiro atoms. The Morgan fingerprint density at radius 3 is 2.61 bits per heavy atom. The lowest BCUT2D eigenvalue weighted by molar-refractivity contribution is 0.267. The summed E-state index contributed by atoms with van der Waals surface area (Å²) in [5, 5.41) is 12.4. The van der Waals surface area contributed by atoms with Crippen molar-refractivity contribution in [3.05, 3.63) is 91.2 Å². The fraction of sp³-hybridized carbons (Fsp3) is 0.125. The second kappa shape index (κ2) is 11.0. The van der Waals surface area contributed by atoms with Crippen LogP contribution in [0.15, 0.2) is 71.8 Å². The number of halogens is 2. The highest BCUT2D eigenvalue weighted by molar-refractivity contribution is 14.1. The number of benzene rings is 3. The lowest BCUT2D eigenvalue weighted by Crippen LogP contribution is -2.03. The third kappa shape index (κ3) is 5.82. The highest BCUT2D eigenvalue weighted by Crippen LogP contribution is 2.34. The van der Waals surface area contributed by atoms with E-state index in [-0.39, 0.29) is 0 Å². The maximum absolute atomic E-state index is 6.09. The molecule has 0 amide bonds.